The number of anilines is 2. The van der Waals surface area contributed by atoms with Crippen molar-refractivity contribution in [3.05, 3.63) is 48.5 Å². The molecule has 2 aromatic carbocycles. The molecule has 0 unspecified atom stereocenters. The number of ether oxygens (including phenoxy) is 1. The van der Waals surface area contributed by atoms with E-state index < -0.39 is 22.0 Å². The lowest BCUT2D eigenvalue weighted by molar-refractivity contribution is -0.128. The Morgan fingerprint density at radius 3 is 2.41 bits per heavy atom. The quantitative estimate of drug-likeness (QED) is 0.720. The van der Waals surface area contributed by atoms with Gasteiger partial charge in [0.2, 0.25) is 15.9 Å². The van der Waals surface area contributed by atoms with Gasteiger partial charge in [-0.2, -0.15) is 4.31 Å². The molecule has 0 saturated carbocycles. The van der Waals surface area contributed by atoms with Crippen molar-refractivity contribution >= 4 is 33.2 Å². The molecule has 0 saturated heterocycles. The van der Waals surface area contributed by atoms with Gasteiger partial charge < -0.3 is 15.4 Å². The summed E-state index contributed by atoms with van der Waals surface area (Å²) in [6.07, 6.45) is -1.10. The van der Waals surface area contributed by atoms with Crippen LogP contribution in [0.5, 0.6) is 5.75 Å². The second-order valence-corrected chi connectivity index (χ2v) is 8.40. The maximum atomic E-state index is 12.5. The Labute approximate surface area is 169 Å². The van der Waals surface area contributed by atoms with E-state index in [1.54, 1.807) is 38.1 Å². The highest BCUT2D eigenvalue weighted by atomic mass is 32.2. The molecule has 2 aromatic rings. The molecule has 9 heteroatoms. The Hall–Kier alpha value is -2.91. The Kier molecular flexibility index (Phi) is 6.19. The fourth-order valence-corrected chi connectivity index (χ4v) is 4.49. The van der Waals surface area contributed by atoms with Crippen molar-refractivity contribution < 1.29 is 22.7 Å². The molecule has 1 atom stereocenters. The molecule has 2 amide bonds. The molecule has 8 nitrogen and oxygen atoms in total. The fraction of sp³-hybridized carbons (Fsp3) is 0.300. The van der Waals surface area contributed by atoms with E-state index in [9.17, 15) is 18.0 Å². The number of hydrogen-bond acceptors (Lipinski definition) is 5. The number of hydrogen-bond donors (Lipinski definition) is 2. The summed E-state index contributed by atoms with van der Waals surface area (Å²) in [5, 5.41) is 5.37. The molecule has 0 aromatic heterocycles. The van der Waals surface area contributed by atoms with Gasteiger partial charge in [-0.15, -0.1) is 0 Å². The Balaban J connectivity index is 1.64. The van der Waals surface area contributed by atoms with Crippen molar-refractivity contribution in [1.29, 1.82) is 0 Å². The van der Waals surface area contributed by atoms with Crippen LogP contribution in [0.1, 0.15) is 20.3 Å². The highest BCUT2D eigenvalue weighted by Gasteiger charge is 2.29. The van der Waals surface area contributed by atoms with E-state index in [0.29, 0.717) is 30.2 Å². The highest BCUT2D eigenvalue weighted by molar-refractivity contribution is 7.89. The molecule has 0 fully saturated rings. The van der Waals surface area contributed by atoms with Crippen LogP contribution in [-0.2, 0) is 19.6 Å². The number of rotatable bonds is 7. The first-order valence-corrected chi connectivity index (χ1v) is 10.8. The zero-order valence-electron chi connectivity index (χ0n) is 16.2. The predicted molar refractivity (Wildman–Crippen MR) is 109 cm³/mol. The molecule has 3 rings (SSSR count). The monoisotopic (exact) mass is 417 g/mol. The number of para-hydroxylation sites is 2. The van der Waals surface area contributed by atoms with Gasteiger partial charge in [0.15, 0.2) is 6.10 Å². The van der Waals surface area contributed by atoms with E-state index >= 15 is 0 Å². The molecule has 1 aliphatic rings. The molecule has 0 aliphatic carbocycles. The summed E-state index contributed by atoms with van der Waals surface area (Å²) in [6, 6.07) is 12.9. The van der Waals surface area contributed by atoms with E-state index in [2.05, 4.69) is 10.6 Å². The molecule has 154 valence electrons. The molecular formula is C20H23N3O5S. The van der Waals surface area contributed by atoms with Crippen LogP contribution in [0.2, 0.25) is 0 Å². The normalized spacial score (nSPS) is 16.0. The van der Waals surface area contributed by atoms with Crippen LogP contribution in [0, 0.1) is 0 Å². The molecule has 0 spiro atoms. The number of fused-ring (bicyclic) bond motifs is 1. The van der Waals surface area contributed by atoms with Gasteiger partial charge in [-0.05, 0) is 36.4 Å². The van der Waals surface area contributed by atoms with Gasteiger partial charge in [0, 0.05) is 18.8 Å². The Morgan fingerprint density at radius 2 is 1.76 bits per heavy atom. The first kappa shape index (κ1) is 20.8. The van der Waals surface area contributed by atoms with Crippen molar-refractivity contribution in [3.63, 3.8) is 0 Å². The van der Waals surface area contributed by atoms with E-state index in [1.807, 2.05) is 0 Å². The standard InChI is InChI=1S/C20H23N3O5S/c1-3-23(4-2)29(26,27)15-11-9-14(10-12-15)21-19(24)13-18-20(25)22-16-7-5-6-8-17(16)28-18/h5-12,18H,3-4,13H2,1-2H3,(H,21,24)(H,22,25)/t18-/m1/s1. The molecule has 1 aliphatic heterocycles. The lowest BCUT2D eigenvalue weighted by atomic mass is 10.1. The number of benzene rings is 2. The molecular weight excluding hydrogens is 394 g/mol. The summed E-state index contributed by atoms with van der Waals surface area (Å²) in [4.78, 5) is 24.6. The third-order valence-electron chi connectivity index (χ3n) is 4.56. The van der Waals surface area contributed by atoms with E-state index in [-0.39, 0.29) is 17.2 Å². The van der Waals surface area contributed by atoms with Crippen molar-refractivity contribution in [3.8, 4) is 5.75 Å². The van der Waals surface area contributed by atoms with Gasteiger partial charge in [0.05, 0.1) is 17.0 Å². The zero-order valence-corrected chi connectivity index (χ0v) is 17.0. The van der Waals surface area contributed by atoms with Gasteiger partial charge in [-0.25, -0.2) is 8.42 Å². The summed E-state index contributed by atoms with van der Waals surface area (Å²) in [5.74, 6) is -0.292. The van der Waals surface area contributed by atoms with Crippen LogP contribution in [0.3, 0.4) is 0 Å². The lowest BCUT2D eigenvalue weighted by Crippen LogP contribution is -2.39. The maximum absolute atomic E-state index is 12.5. The van der Waals surface area contributed by atoms with Gasteiger partial charge in [0.1, 0.15) is 5.75 Å². The van der Waals surface area contributed by atoms with Crippen molar-refractivity contribution in [1.82, 2.24) is 4.31 Å². The molecule has 0 bridgehead atoms. The first-order chi connectivity index (χ1) is 13.8. The van der Waals surface area contributed by atoms with Crippen LogP contribution >= 0.6 is 0 Å². The molecule has 2 N–H and O–H groups in total. The van der Waals surface area contributed by atoms with Crippen LogP contribution in [0.4, 0.5) is 11.4 Å². The SMILES string of the molecule is CCN(CC)S(=O)(=O)c1ccc(NC(=O)C[C@H]2Oc3ccccc3NC2=O)cc1. The summed E-state index contributed by atoms with van der Waals surface area (Å²) in [7, 11) is -3.56. The fourth-order valence-electron chi connectivity index (χ4n) is 3.03. The van der Waals surface area contributed by atoms with Crippen molar-refractivity contribution in [2.75, 3.05) is 23.7 Å². The largest absolute Gasteiger partial charge is 0.478 e. The summed E-state index contributed by atoms with van der Waals surface area (Å²) < 4.78 is 32.0. The second kappa shape index (κ2) is 8.62. The van der Waals surface area contributed by atoms with E-state index in [1.165, 1.54) is 28.6 Å². The van der Waals surface area contributed by atoms with Crippen LogP contribution < -0.4 is 15.4 Å². The number of carbonyl (C=O) groups excluding carboxylic acids is 2. The average molecular weight is 417 g/mol. The third kappa shape index (κ3) is 4.57. The number of sulfonamides is 1. The number of amides is 2. The van der Waals surface area contributed by atoms with E-state index in [0.717, 1.165) is 0 Å². The Morgan fingerprint density at radius 1 is 1.10 bits per heavy atom. The van der Waals surface area contributed by atoms with E-state index in [4.69, 9.17) is 4.74 Å². The minimum absolute atomic E-state index is 0.158. The predicted octanol–water partition coefficient (Wildman–Crippen LogP) is 2.45. The average Bonchev–Trinajstić information content (AvgIpc) is 2.69. The Bertz CT molecular complexity index is 1000. The topological polar surface area (TPSA) is 105 Å². The van der Waals surface area contributed by atoms with Crippen molar-refractivity contribution in [2.45, 2.75) is 31.3 Å². The van der Waals surface area contributed by atoms with Gasteiger partial charge in [-0.1, -0.05) is 26.0 Å². The molecule has 1 heterocycles. The first-order valence-electron chi connectivity index (χ1n) is 9.31. The van der Waals surface area contributed by atoms with Crippen LogP contribution in [0.25, 0.3) is 0 Å². The molecule has 29 heavy (non-hydrogen) atoms. The van der Waals surface area contributed by atoms with Crippen LogP contribution in [0.15, 0.2) is 53.4 Å². The summed E-state index contributed by atoms with van der Waals surface area (Å²) in [6.45, 7) is 4.31. The summed E-state index contributed by atoms with van der Waals surface area (Å²) >= 11 is 0. The third-order valence-corrected chi connectivity index (χ3v) is 6.62. The van der Waals surface area contributed by atoms with Gasteiger partial charge in [0.25, 0.3) is 5.91 Å². The van der Waals surface area contributed by atoms with Gasteiger partial charge >= 0.3 is 0 Å². The van der Waals surface area contributed by atoms with Gasteiger partial charge in [-0.3, -0.25) is 9.59 Å². The van der Waals surface area contributed by atoms with Crippen molar-refractivity contribution in [2.24, 2.45) is 0 Å². The maximum Gasteiger partial charge on any atom is 0.266 e. The molecule has 0 radical (unpaired) electrons. The lowest BCUT2D eigenvalue weighted by Gasteiger charge is -2.25. The zero-order chi connectivity index (χ0) is 21.0. The highest BCUT2D eigenvalue weighted by Crippen LogP contribution is 2.29. The number of nitrogens with zero attached hydrogens (tertiary/aromatic N) is 1. The smallest absolute Gasteiger partial charge is 0.266 e. The second-order valence-electron chi connectivity index (χ2n) is 6.46. The minimum atomic E-state index is -3.56. The number of nitrogens with one attached hydrogen (secondary N) is 2. The minimum Gasteiger partial charge on any atom is -0.478 e. The number of carbonyl (C=O) groups is 2. The summed E-state index contributed by atoms with van der Waals surface area (Å²) in [5.41, 5.74) is 1.00. The van der Waals surface area contributed by atoms with Crippen LogP contribution in [-0.4, -0.2) is 43.7 Å².